The lowest BCUT2D eigenvalue weighted by molar-refractivity contribution is -0.139. The van der Waals surface area contributed by atoms with Crippen molar-refractivity contribution in [3.63, 3.8) is 0 Å². The van der Waals surface area contributed by atoms with Crippen LogP contribution in [0, 0.1) is 5.92 Å². The van der Waals surface area contributed by atoms with Crippen LogP contribution in [-0.2, 0) is 9.59 Å². The molecule has 0 bridgehead atoms. The van der Waals surface area contributed by atoms with E-state index in [1.807, 2.05) is 0 Å². The molecule has 0 aliphatic carbocycles. The monoisotopic (exact) mass is 355 g/mol. The summed E-state index contributed by atoms with van der Waals surface area (Å²) in [4.78, 5) is 52.1. The number of rotatable bonds is 9. The Morgan fingerprint density at radius 2 is 1.72 bits per heavy atom. The van der Waals surface area contributed by atoms with Gasteiger partial charge in [0.15, 0.2) is 5.82 Å². The molecular weight excluding hydrogens is 334 g/mol. The molecule has 2 unspecified atom stereocenters. The number of amides is 3. The largest absolute Gasteiger partial charge is 0.480 e. The van der Waals surface area contributed by atoms with E-state index in [1.165, 1.54) is 12.4 Å². The van der Waals surface area contributed by atoms with Gasteiger partial charge in [0.2, 0.25) is 0 Å². The zero-order valence-corrected chi connectivity index (χ0v) is 13.8. The summed E-state index contributed by atoms with van der Waals surface area (Å²) in [5.74, 6) is -3.23. The van der Waals surface area contributed by atoms with Crippen molar-refractivity contribution < 1.29 is 29.4 Å². The van der Waals surface area contributed by atoms with Crippen molar-refractivity contribution in [2.24, 2.45) is 5.92 Å². The number of nitrogens with zero attached hydrogens (tertiary/aromatic N) is 1. The molecule has 0 saturated heterocycles. The van der Waals surface area contributed by atoms with Crippen LogP contribution in [0.1, 0.15) is 30.9 Å². The lowest BCUT2D eigenvalue weighted by atomic mass is 10.0. The summed E-state index contributed by atoms with van der Waals surface area (Å²) < 4.78 is 0. The van der Waals surface area contributed by atoms with E-state index < -0.39 is 42.5 Å². The van der Waals surface area contributed by atoms with Gasteiger partial charge in [-0.15, -0.1) is 0 Å². The number of hydrogen-bond acceptors (Lipinski definition) is 5. The number of aromatic amines is 1. The number of carboxylic acids is 2. The number of urea groups is 1. The van der Waals surface area contributed by atoms with E-state index in [4.69, 9.17) is 10.2 Å². The van der Waals surface area contributed by atoms with Crippen molar-refractivity contribution in [1.82, 2.24) is 25.9 Å². The molecule has 0 aliphatic heterocycles. The Hall–Kier alpha value is -3.11. The van der Waals surface area contributed by atoms with Gasteiger partial charge in [0, 0.05) is 18.9 Å². The number of carbonyl (C=O) groups is 4. The van der Waals surface area contributed by atoms with E-state index in [9.17, 15) is 19.2 Å². The van der Waals surface area contributed by atoms with Crippen LogP contribution in [0.3, 0.4) is 0 Å². The van der Waals surface area contributed by atoms with Gasteiger partial charge < -0.3 is 31.1 Å². The number of imidazole rings is 1. The molecule has 11 nitrogen and oxygen atoms in total. The quantitative estimate of drug-likeness (QED) is 0.342. The predicted octanol–water partition coefficient (Wildman–Crippen LogP) is -0.609. The summed E-state index contributed by atoms with van der Waals surface area (Å²) in [6.45, 7) is 3.18. The van der Waals surface area contributed by atoms with Crippen LogP contribution in [-0.4, -0.2) is 62.7 Å². The molecule has 25 heavy (non-hydrogen) atoms. The molecule has 0 saturated carbocycles. The minimum Gasteiger partial charge on any atom is -0.480 e. The normalized spacial score (nSPS) is 12.9. The van der Waals surface area contributed by atoms with Gasteiger partial charge in [-0.1, -0.05) is 13.8 Å². The molecule has 0 aromatic carbocycles. The Bertz CT molecular complexity index is 615. The van der Waals surface area contributed by atoms with Gasteiger partial charge in [0.05, 0.1) is 0 Å². The van der Waals surface area contributed by atoms with Crippen molar-refractivity contribution in [3.8, 4) is 0 Å². The van der Waals surface area contributed by atoms with Gasteiger partial charge in [0.1, 0.15) is 12.1 Å². The zero-order valence-electron chi connectivity index (χ0n) is 13.8. The number of carboxylic acid groups (broad SMARTS) is 2. The highest BCUT2D eigenvalue weighted by molar-refractivity contribution is 5.91. The molecule has 1 rings (SSSR count). The summed E-state index contributed by atoms with van der Waals surface area (Å²) in [7, 11) is 0. The van der Waals surface area contributed by atoms with Crippen molar-refractivity contribution in [2.45, 2.75) is 32.4 Å². The second-order valence-corrected chi connectivity index (χ2v) is 5.68. The standard InChI is InChI=1S/C14H21N5O6/c1-7(2)5-8(12(21)22)18-14(25)19-9(13(23)24)6-17-11(20)10-15-3-4-16-10/h3-4,7-9H,5-6H2,1-2H3,(H,15,16)(H,17,20)(H,21,22)(H,23,24)(H2,18,19,25). The van der Waals surface area contributed by atoms with Gasteiger partial charge in [0.25, 0.3) is 5.91 Å². The van der Waals surface area contributed by atoms with Crippen molar-refractivity contribution in [3.05, 3.63) is 18.2 Å². The number of carbonyl (C=O) groups excluding carboxylic acids is 2. The first-order valence-corrected chi connectivity index (χ1v) is 7.51. The summed E-state index contributed by atoms with van der Waals surface area (Å²) in [6.07, 6.45) is 2.97. The number of nitrogens with one attached hydrogen (secondary N) is 4. The number of hydrogen-bond donors (Lipinski definition) is 6. The number of H-pyrrole nitrogens is 1. The molecule has 11 heteroatoms. The van der Waals surface area contributed by atoms with E-state index in [-0.39, 0.29) is 18.2 Å². The van der Waals surface area contributed by atoms with Gasteiger partial charge in [-0.05, 0) is 12.3 Å². The predicted molar refractivity (Wildman–Crippen MR) is 84.9 cm³/mol. The second kappa shape index (κ2) is 9.25. The maximum atomic E-state index is 11.8. The smallest absolute Gasteiger partial charge is 0.328 e. The van der Waals surface area contributed by atoms with E-state index in [1.54, 1.807) is 13.8 Å². The van der Waals surface area contributed by atoms with Crippen molar-refractivity contribution >= 4 is 23.9 Å². The first-order valence-electron chi connectivity index (χ1n) is 7.51. The minimum atomic E-state index is -1.44. The first kappa shape index (κ1) is 19.9. The Balaban J connectivity index is 2.58. The minimum absolute atomic E-state index is 0.00327. The maximum absolute atomic E-state index is 11.8. The van der Waals surface area contributed by atoms with Gasteiger partial charge in [-0.2, -0.15) is 0 Å². The molecule has 0 spiro atoms. The Labute approximate surface area is 143 Å². The van der Waals surface area contributed by atoms with E-state index in [0.29, 0.717) is 0 Å². The van der Waals surface area contributed by atoms with Crippen LogP contribution < -0.4 is 16.0 Å². The second-order valence-electron chi connectivity index (χ2n) is 5.68. The Morgan fingerprint density at radius 1 is 1.12 bits per heavy atom. The molecule has 6 N–H and O–H groups in total. The number of aliphatic carboxylic acids is 2. The molecular formula is C14H21N5O6. The topological polar surface area (TPSA) is 174 Å². The molecule has 3 amide bonds. The van der Waals surface area contributed by atoms with Crippen LogP contribution in [0.15, 0.2) is 12.4 Å². The summed E-state index contributed by atoms with van der Waals surface area (Å²) in [6, 6.07) is -3.53. The van der Waals surface area contributed by atoms with Crippen molar-refractivity contribution in [2.75, 3.05) is 6.54 Å². The SMILES string of the molecule is CC(C)CC(NC(=O)NC(CNC(=O)c1ncc[nH]1)C(=O)O)C(=O)O. The fourth-order valence-electron chi connectivity index (χ4n) is 1.92. The van der Waals surface area contributed by atoms with Crippen molar-refractivity contribution in [1.29, 1.82) is 0 Å². The Morgan fingerprint density at radius 3 is 2.20 bits per heavy atom. The van der Waals surface area contributed by atoms with Crippen LogP contribution in [0.2, 0.25) is 0 Å². The number of aromatic nitrogens is 2. The molecule has 0 fully saturated rings. The third-order valence-corrected chi connectivity index (χ3v) is 3.09. The van der Waals surface area contributed by atoms with E-state index in [2.05, 4.69) is 25.9 Å². The summed E-state index contributed by atoms with van der Waals surface area (Å²) in [5, 5.41) is 24.8. The average Bonchev–Trinajstić information content (AvgIpc) is 3.04. The molecule has 0 aliphatic rings. The van der Waals surface area contributed by atoms with Crippen LogP contribution in [0.4, 0.5) is 4.79 Å². The molecule has 1 heterocycles. The first-order chi connectivity index (χ1) is 11.7. The fourth-order valence-corrected chi connectivity index (χ4v) is 1.92. The maximum Gasteiger partial charge on any atom is 0.328 e. The highest BCUT2D eigenvalue weighted by atomic mass is 16.4. The highest BCUT2D eigenvalue weighted by Gasteiger charge is 2.25. The average molecular weight is 355 g/mol. The molecule has 1 aromatic rings. The zero-order chi connectivity index (χ0) is 19.0. The van der Waals surface area contributed by atoms with Gasteiger partial charge >= 0.3 is 18.0 Å². The van der Waals surface area contributed by atoms with E-state index in [0.717, 1.165) is 0 Å². The molecule has 1 aromatic heterocycles. The molecule has 138 valence electrons. The van der Waals surface area contributed by atoms with Crippen LogP contribution in [0.5, 0.6) is 0 Å². The third-order valence-electron chi connectivity index (χ3n) is 3.09. The van der Waals surface area contributed by atoms with Gasteiger partial charge in [-0.25, -0.2) is 19.4 Å². The van der Waals surface area contributed by atoms with Crippen LogP contribution >= 0.6 is 0 Å². The Kier molecular flexibility index (Phi) is 7.38. The lowest BCUT2D eigenvalue weighted by Gasteiger charge is -2.19. The molecule has 2 atom stereocenters. The lowest BCUT2D eigenvalue weighted by Crippen LogP contribution is -2.54. The fraction of sp³-hybridized carbons (Fsp3) is 0.500. The van der Waals surface area contributed by atoms with Gasteiger partial charge in [-0.3, -0.25) is 4.79 Å². The highest BCUT2D eigenvalue weighted by Crippen LogP contribution is 2.04. The molecule has 0 radical (unpaired) electrons. The van der Waals surface area contributed by atoms with Crippen LogP contribution in [0.25, 0.3) is 0 Å². The third kappa shape index (κ3) is 6.89. The van der Waals surface area contributed by atoms with E-state index >= 15 is 0 Å². The summed E-state index contributed by atoms with van der Waals surface area (Å²) in [5.41, 5.74) is 0. The summed E-state index contributed by atoms with van der Waals surface area (Å²) >= 11 is 0.